The molecule has 112 valence electrons. The normalized spacial score (nSPS) is 17.6. The summed E-state index contributed by atoms with van der Waals surface area (Å²) in [6, 6.07) is 2.84. The molecule has 1 heterocycles. The standard InChI is InChI=1S/C15H21F2IN2/c1-2-19-9-11-5-7-20(8-6-11)10-12-13(16)3-4-14(18)15(12)17/h3-4,11,19H,2,5-10H2,1H3. The van der Waals surface area contributed by atoms with Gasteiger partial charge in [0, 0.05) is 15.7 Å². The average molecular weight is 394 g/mol. The minimum absolute atomic E-state index is 0.210. The van der Waals surface area contributed by atoms with E-state index in [1.807, 2.05) is 22.6 Å². The monoisotopic (exact) mass is 394 g/mol. The van der Waals surface area contributed by atoms with Crippen LogP contribution in [0.25, 0.3) is 0 Å². The highest BCUT2D eigenvalue weighted by Crippen LogP contribution is 2.23. The molecule has 5 heteroatoms. The number of nitrogens with one attached hydrogen (secondary N) is 1. The molecule has 1 N–H and O–H groups in total. The van der Waals surface area contributed by atoms with E-state index in [4.69, 9.17) is 0 Å². The lowest BCUT2D eigenvalue weighted by Gasteiger charge is -2.32. The Hall–Kier alpha value is -0.270. The van der Waals surface area contributed by atoms with Crippen molar-refractivity contribution >= 4 is 22.6 Å². The van der Waals surface area contributed by atoms with E-state index in [0.29, 0.717) is 16.0 Å². The second kappa shape index (κ2) is 7.66. The summed E-state index contributed by atoms with van der Waals surface area (Å²) in [4.78, 5) is 2.15. The van der Waals surface area contributed by atoms with Crippen LogP contribution < -0.4 is 5.32 Å². The Bertz CT molecular complexity index is 446. The molecule has 1 saturated heterocycles. The molecule has 1 aliphatic heterocycles. The highest BCUT2D eigenvalue weighted by atomic mass is 127. The number of hydrogen-bond donors (Lipinski definition) is 1. The van der Waals surface area contributed by atoms with Gasteiger partial charge >= 0.3 is 0 Å². The summed E-state index contributed by atoms with van der Waals surface area (Å²) in [5, 5.41) is 3.37. The van der Waals surface area contributed by atoms with Crippen LogP contribution in [0, 0.1) is 21.1 Å². The molecule has 1 aromatic rings. The first-order chi connectivity index (χ1) is 9.61. The molecule has 0 spiro atoms. The van der Waals surface area contributed by atoms with E-state index in [-0.39, 0.29) is 5.56 Å². The van der Waals surface area contributed by atoms with E-state index in [0.717, 1.165) is 39.0 Å². The molecular weight excluding hydrogens is 373 g/mol. The van der Waals surface area contributed by atoms with E-state index >= 15 is 0 Å². The van der Waals surface area contributed by atoms with Gasteiger partial charge < -0.3 is 5.32 Å². The minimum Gasteiger partial charge on any atom is -0.317 e. The maximum atomic E-state index is 14.0. The predicted molar refractivity (Wildman–Crippen MR) is 85.6 cm³/mol. The summed E-state index contributed by atoms with van der Waals surface area (Å²) in [5.74, 6) is -0.144. The maximum absolute atomic E-state index is 14.0. The van der Waals surface area contributed by atoms with Crippen molar-refractivity contribution in [2.75, 3.05) is 26.2 Å². The number of hydrogen-bond acceptors (Lipinski definition) is 2. The Kier molecular flexibility index (Phi) is 6.17. The molecule has 20 heavy (non-hydrogen) atoms. The van der Waals surface area contributed by atoms with E-state index in [2.05, 4.69) is 17.1 Å². The largest absolute Gasteiger partial charge is 0.317 e. The Balaban J connectivity index is 1.91. The van der Waals surface area contributed by atoms with Crippen LogP contribution in [0.4, 0.5) is 8.78 Å². The van der Waals surface area contributed by atoms with Crippen LogP contribution in [0.15, 0.2) is 12.1 Å². The fraction of sp³-hybridized carbons (Fsp3) is 0.600. The van der Waals surface area contributed by atoms with Crippen LogP contribution in [0.2, 0.25) is 0 Å². The first-order valence-corrected chi connectivity index (χ1v) is 8.25. The molecule has 0 amide bonds. The zero-order chi connectivity index (χ0) is 14.5. The zero-order valence-electron chi connectivity index (χ0n) is 11.8. The summed E-state index contributed by atoms with van der Waals surface area (Å²) in [6.45, 7) is 6.37. The van der Waals surface area contributed by atoms with Gasteiger partial charge in [-0.25, -0.2) is 8.78 Å². The molecular formula is C15H21F2IN2. The summed E-state index contributed by atoms with van der Waals surface area (Å²) < 4.78 is 28.2. The van der Waals surface area contributed by atoms with Crippen LogP contribution in [-0.4, -0.2) is 31.1 Å². The van der Waals surface area contributed by atoms with Gasteiger partial charge in [-0.05, 0) is 79.7 Å². The van der Waals surface area contributed by atoms with Crippen molar-refractivity contribution in [1.82, 2.24) is 10.2 Å². The topological polar surface area (TPSA) is 15.3 Å². The third-order valence-corrected chi connectivity index (χ3v) is 4.74. The highest BCUT2D eigenvalue weighted by Gasteiger charge is 2.21. The number of rotatable bonds is 5. The van der Waals surface area contributed by atoms with Crippen molar-refractivity contribution in [3.05, 3.63) is 32.9 Å². The number of benzene rings is 1. The van der Waals surface area contributed by atoms with Crippen molar-refractivity contribution in [2.45, 2.75) is 26.3 Å². The van der Waals surface area contributed by atoms with Crippen LogP contribution in [0.5, 0.6) is 0 Å². The molecule has 0 aromatic heterocycles. The van der Waals surface area contributed by atoms with Gasteiger partial charge in [-0.15, -0.1) is 0 Å². The Morgan fingerprint density at radius 2 is 2.00 bits per heavy atom. The fourth-order valence-electron chi connectivity index (χ4n) is 2.63. The lowest BCUT2D eigenvalue weighted by atomic mass is 9.96. The van der Waals surface area contributed by atoms with Gasteiger partial charge in [0.15, 0.2) is 0 Å². The van der Waals surface area contributed by atoms with Gasteiger partial charge in [0.1, 0.15) is 11.6 Å². The van der Waals surface area contributed by atoms with Crippen molar-refractivity contribution in [3.63, 3.8) is 0 Å². The highest BCUT2D eigenvalue weighted by molar-refractivity contribution is 14.1. The molecule has 0 bridgehead atoms. The summed E-state index contributed by atoms with van der Waals surface area (Å²) in [6.07, 6.45) is 2.19. The van der Waals surface area contributed by atoms with Crippen molar-refractivity contribution in [3.8, 4) is 0 Å². The van der Waals surface area contributed by atoms with Gasteiger partial charge in [-0.3, -0.25) is 4.90 Å². The molecule has 1 aromatic carbocycles. The SMILES string of the molecule is CCNCC1CCN(Cc2c(F)ccc(I)c2F)CC1. The number of piperidine rings is 1. The Morgan fingerprint density at radius 3 is 2.65 bits per heavy atom. The van der Waals surface area contributed by atoms with Crippen LogP contribution in [0.3, 0.4) is 0 Å². The van der Waals surface area contributed by atoms with Crippen LogP contribution >= 0.6 is 22.6 Å². The van der Waals surface area contributed by atoms with Gasteiger partial charge in [-0.2, -0.15) is 0 Å². The molecule has 0 atom stereocenters. The van der Waals surface area contributed by atoms with E-state index in [9.17, 15) is 8.78 Å². The molecule has 0 saturated carbocycles. The molecule has 2 nitrogen and oxygen atoms in total. The first kappa shape index (κ1) is 16.1. The molecule has 1 fully saturated rings. The maximum Gasteiger partial charge on any atom is 0.143 e. The lowest BCUT2D eigenvalue weighted by molar-refractivity contribution is 0.172. The number of likely N-dealkylation sites (tertiary alicyclic amines) is 1. The smallest absolute Gasteiger partial charge is 0.143 e. The van der Waals surface area contributed by atoms with Crippen molar-refractivity contribution in [1.29, 1.82) is 0 Å². The van der Waals surface area contributed by atoms with E-state index < -0.39 is 11.6 Å². The summed E-state index contributed by atoms with van der Waals surface area (Å²) in [5.41, 5.74) is 0.210. The molecule has 1 aliphatic rings. The van der Waals surface area contributed by atoms with E-state index in [1.54, 1.807) is 0 Å². The fourth-order valence-corrected chi connectivity index (χ4v) is 3.14. The molecule has 0 aliphatic carbocycles. The van der Waals surface area contributed by atoms with Crippen LogP contribution in [-0.2, 0) is 6.54 Å². The third-order valence-electron chi connectivity index (χ3n) is 3.91. The van der Waals surface area contributed by atoms with Crippen molar-refractivity contribution in [2.24, 2.45) is 5.92 Å². The number of halogens is 3. The van der Waals surface area contributed by atoms with Gasteiger partial charge in [0.05, 0.1) is 0 Å². The third kappa shape index (κ3) is 4.11. The second-order valence-electron chi connectivity index (χ2n) is 5.35. The molecule has 2 rings (SSSR count). The average Bonchev–Trinajstić information content (AvgIpc) is 2.47. The van der Waals surface area contributed by atoms with Crippen LogP contribution in [0.1, 0.15) is 25.3 Å². The summed E-state index contributed by atoms with van der Waals surface area (Å²) in [7, 11) is 0. The predicted octanol–water partition coefficient (Wildman–Crippen LogP) is 3.39. The van der Waals surface area contributed by atoms with Gasteiger partial charge in [-0.1, -0.05) is 6.92 Å². The zero-order valence-corrected chi connectivity index (χ0v) is 13.9. The molecule has 0 radical (unpaired) electrons. The van der Waals surface area contributed by atoms with E-state index in [1.165, 1.54) is 12.1 Å². The van der Waals surface area contributed by atoms with Crippen molar-refractivity contribution < 1.29 is 8.78 Å². The molecule has 0 unspecified atom stereocenters. The first-order valence-electron chi connectivity index (χ1n) is 7.17. The lowest BCUT2D eigenvalue weighted by Crippen LogP contribution is -2.37. The number of nitrogens with zero attached hydrogens (tertiary/aromatic N) is 1. The Morgan fingerprint density at radius 1 is 1.30 bits per heavy atom. The Labute approximate surface area is 133 Å². The van der Waals surface area contributed by atoms with Gasteiger partial charge in [0.25, 0.3) is 0 Å². The quantitative estimate of drug-likeness (QED) is 0.609. The van der Waals surface area contributed by atoms with Gasteiger partial charge in [0.2, 0.25) is 0 Å². The minimum atomic E-state index is -0.433. The second-order valence-corrected chi connectivity index (χ2v) is 6.51. The summed E-state index contributed by atoms with van der Waals surface area (Å²) >= 11 is 1.91.